The highest BCUT2D eigenvalue weighted by molar-refractivity contribution is 6.45. The molecule has 1 aromatic carbocycles. The average Bonchev–Trinajstić information content (AvgIpc) is 2.29. The number of nitrogens with zero attached hydrogens (tertiary/aromatic N) is 3. The minimum Gasteiger partial charge on any atom is -0.382 e. The van der Waals surface area contributed by atoms with Crippen LogP contribution in [0, 0.1) is 16.7 Å². The Labute approximate surface area is 99.8 Å². The zero-order valence-electron chi connectivity index (χ0n) is 9.73. The van der Waals surface area contributed by atoms with Crippen molar-refractivity contribution < 1.29 is 0 Å². The van der Waals surface area contributed by atoms with E-state index in [-0.39, 0.29) is 11.5 Å². The molecule has 0 saturated carbocycles. The van der Waals surface area contributed by atoms with Crippen LogP contribution >= 0.6 is 0 Å². The molecule has 17 heavy (non-hydrogen) atoms. The second kappa shape index (κ2) is 5.51. The van der Waals surface area contributed by atoms with Crippen molar-refractivity contribution in [1.82, 2.24) is 0 Å². The highest BCUT2D eigenvalue weighted by atomic mass is 15.3. The molecule has 0 aliphatic heterocycles. The molecule has 0 amide bonds. The Morgan fingerprint density at radius 2 is 2.24 bits per heavy atom. The molecule has 0 heterocycles. The van der Waals surface area contributed by atoms with Crippen molar-refractivity contribution in [3.63, 3.8) is 0 Å². The molecule has 6 heteroatoms. The van der Waals surface area contributed by atoms with Crippen LogP contribution in [0.5, 0.6) is 0 Å². The third-order valence-electron chi connectivity index (χ3n) is 2.02. The number of anilines is 2. The smallest absolute Gasteiger partial charge is 0.201 e. The van der Waals surface area contributed by atoms with E-state index in [1.165, 1.54) is 0 Å². The maximum Gasteiger partial charge on any atom is 0.201 e. The number of hydrogen-bond donors (Lipinski definition) is 3. The van der Waals surface area contributed by atoms with Crippen LogP contribution in [-0.2, 0) is 0 Å². The molecule has 0 aliphatic carbocycles. The first-order valence-corrected chi connectivity index (χ1v) is 4.90. The third-order valence-corrected chi connectivity index (χ3v) is 2.02. The van der Waals surface area contributed by atoms with Crippen molar-refractivity contribution in [2.75, 3.05) is 24.4 Å². The van der Waals surface area contributed by atoms with E-state index in [0.717, 1.165) is 11.4 Å². The van der Waals surface area contributed by atoms with Gasteiger partial charge in [0.05, 0.1) is 5.69 Å². The highest BCUT2D eigenvalue weighted by Gasteiger charge is 2.01. The molecule has 0 spiro atoms. The minimum absolute atomic E-state index is 0.139. The maximum atomic E-state index is 8.67. The molecule has 0 unspecified atom stereocenters. The summed E-state index contributed by atoms with van der Waals surface area (Å²) in [4.78, 5) is 1.95. The molecule has 0 atom stereocenters. The van der Waals surface area contributed by atoms with Gasteiger partial charge in [-0.15, -0.1) is 0 Å². The number of amidine groups is 1. The second-order valence-electron chi connectivity index (χ2n) is 3.54. The van der Waals surface area contributed by atoms with E-state index in [0.29, 0.717) is 0 Å². The van der Waals surface area contributed by atoms with Gasteiger partial charge in [-0.25, -0.2) is 0 Å². The summed E-state index contributed by atoms with van der Waals surface area (Å²) >= 11 is 0. The van der Waals surface area contributed by atoms with Crippen LogP contribution in [0.2, 0.25) is 0 Å². The number of nitriles is 1. The fourth-order valence-electron chi connectivity index (χ4n) is 1.12. The molecule has 1 rings (SSSR count). The van der Waals surface area contributed by atoms with Crippen molar-refractivity contribution in [1.29, 1.82) is 10.7 Å². The van der Waals surface area contributed by atoms with Gasteiger partial charge < -0.3 is 10.6 Å². The van der Waals surface area contributed by atoms with Crippen molar-refractivity contribution in [3.05, 3.63) is 24.3 Å². The number of benzene rings is 1. The van der Waals surface area contributed by atoms with Gasteiger partial charge in [0.25, 0.3) is 0 Å². The van der Waals surface area contributed by atoms with Gasteiger partial charge in [-0.05, 0) is 18.2 Å². The molecular weight excluding hydrogens is 216 g/mol. The highest BCUT2D eigenvalue weighted by Crippen LogP contribution is 2.17. The molecule has 0 radical (unpaired) electrons. The van der Waals surface area contributed by atoms with Gasteiger partial charge >= 0.3 is 0 Å². The first-order valence-electron chi connectivity index (χ1n) is 4.90. The van der Waals surface area contributed by atoms with Gasteiger partial charge in [0.1, 0.15) is 6.07 Å². The van der Waals surface area contributed by atoms with Crippen LogP contribution in [-0.4, -0.2) is 25.6 Å². The lowest BCUT2D eigenvalue weighted by Gasteiger charge is -2.13. The number of rotatable bonds is 4. The Bertz CT molecular complexity index is 483. The lowest BCUT2D eigenvalue weighted by Crippen LogP contribution is -2.21. The number of nitrogens with two attached hydrogens (primary N) is 1. The molecule has 0 aliphatic rings. The molecule has 88 valence electrons. The summed E-state index contributed by atoms with van der Waals surface area (Å²) in [6.45, 7) is 0. The Kier molecular flexibility index (Phi) is 4.06. The van der Waals surface area contributed by atoms with Gasteiger partial charge in [0.2, 0.25) is 5.71 Å². The molecule has 0 aromatic heterocycles. The molecule has 4 N–H and O–H groups in total. The standard InChI is InChI=1S/C11H14N6/c1-17(2)9-5-3-4-8(6-9)15-16-10(7-12)11(13)14/h3-6,15H,1-2H3,(H3,13,14)/b16-10+. The lowest BCUT2D eigenvalue weighted by molar-refractivity contribution is 1.13. The minimum atomic E-state index is -0.358. The van der Waals surface area contributed by atoms with Crippen LogP contribution < -0.4 is 16.1 Å². The maximum absolute atomic E-state index is 8.67. The SMILES string of the molecule is CN(C)c1cccc(N/N=C(\C#N)C(=N)N)c1. The van der Waals surface area contributed by atoms with Crippen molar-refractivity contribution in [3.8, 4) is 6.07 Å². The molecular formula is C11H14N6. The van der Waals surface area contributed by atoms with Crippen molar-refractivity contribution >= 4 is 22.9 Å². The lowest BCUT2D eigenvalue weighted by atomic mass is 10.3. The first-order chi connectivity index (χ1) is 8.04. The Morgan fingerprint density at radius 3 is 2.76 bits per heavy atom. The van der Waals surface area contributed by atoms with Crippen LogP contribution in [0.25, 0.3) is 0 Å². The van der Waals surface area contributed by atoms with Crippen LogP contribution in [0.3, 0.4) is 0 Å². The van der Waals surface area contributed by atoms with Gasteiger partial charge in [0, 0.05) is 19.8 Å². The van der Waals surface area contributed by atoms with E-state index < -0.39 is 0 Å². The zero-order valence-corrected chi connectivity index (χ0v) is 9.73. The normalized spacial score (nSPS) is 10.5. The molecule has 1 aromatic rings. The van der Waals surface area contributed by atoms with Crippen molar-refractivity contribution in [2.24, 2.45) is 10.8 Å². The largest absolute Gasteiger partial charge is 0.382 e. The van der Waals surface area contributed by atoms with E-state index in [1.54, 1.807) is 6.07 Å². The van der Waals surface area contributed by atoms with Crippen LogP contribution in [0.1, 0.15) is 0 Å². The summed E-state index contributed by atoms with van der Waals surface area (Å²) in [5.74, 6) is -0.358. The summed E-state index contributed by atoms with van der Waals surface area (Å²) < 4.78 is 0. The van der Waals surface area contributed by atoms with E-state index in [2.05, 4.69) is 10.5 Å². The summed E-state index contributed by atoms with van der Waals surface area (Å²) in [7, 11) is 3.86. The fraction of sp³-hybridized carbons (Fsp3) is 0.182. The number of hydrogen-bond acceptors (Lipinski definition) is 5. The van der Waals surface area contributed by atoms with Crippen molar-refractivity contribution in [2.45, 2.75) is 0 Å². The predicted molar refractivity (Wildman–Crippen MR) is 69.4 cm³/mol. The van der Waals surface area contributed by atoms with E-state index in [1.807, 2.05) is 43.3 Å². The van der Waals surface area contributed by atoms with Gasteiger partial charge in [-0.1, -0.05) is 6.07 Å². The Hall–Kier alpha value is -2.55. The first kappa shape index (κ1) is 12.5. The Balaban J connectivity index is 2.86. The number of nitrogens with one attached hydrogen (secondary N) is 2. The summed E-state index contributed by atoms with van der Waals surface area (Å²) in [6.07, 6.45) is 0. The zero-order chi connectivity index (χ0) is 12.8. The van der Waals surface area contributed by atoms with E-state index in [4.69, 9.17) is 16.4 Å². The van der Waals surface area contributed by atoms with Crippen LogP contribution in [0.15, 0.2) is 29.4 Å². The molecule has 0 fully saturated rings. The topological polar surface area (TPSA) is 101 Å². The van der Waals surface area contributed by atoms with E-state index >= 15 is 0 Å². The van der Waals surface area contributed by atoms with Gasteiger partial charge in [-0.2, -0.15) is 10.4 Å². The monoisotopic (exact) mass is 230 g/mol. The summed E-state index contributed by atoms with van der Waals surface area (Å²) in [5, 5.41) is 19.5. The third kappa shape index (κ3) is 3.50. The van der Waals surface area contributed by atoms with Crippen LogP contribution in [0.4, 0.5) is 11.4 Å². The average molecular weight is 230 g/mol. The summed E-state index contributed by atoms with van der Waals surface area (Å²) in [6, 6.07) is 9.24. The predicted octanol–water partition coefficient (Wildman–Crippen LogP) is 0.980. The second-order valence-corrected chi connectivity index (χ2v) is 3.54. The van der Waals surface area contributed by atoms with Gasteiger partial charge in [0.15, 0.2) is 5.84 Å². The van der Waals surface area contributed by atoms with Gasteiger partial charge in [-0.3, -0.25) is 10.8 Å². The quantitative estimate of drug-likeness (QED) is 0.407. The Morgan fingerprint density at radius 1 is 1.53 bits per heavy atom. The summed E-state index contributed by atoms with van der Waals surface area (Å²) in [5.41, 5.74) is 9.46. The molecule has 0 saturated heterocycles. The molecule has 0 bridgehead atoms. The fourth-order valence-corrected chi connectivity index (χ4v) is 1.12. The number of hydrazone groups is 1. The molecule has 6 nitrogen and oxygen atoms in total. The van der Waals surface area contributed by atoms with E-state index in [9.17, 15) is 0 Å².